The van der Waals surface area contributed by atoms with Gasteiger partial charge in [0, 0.05) is 6.07 Å². The van der Waals surface area contributed by atoms with Gasteiger partial charge in [-0.2, -0.15) is 5.26 Å². The van der Waals surface area contributed by atoms with Crippen LogP contribution >= 0.6 is 11.6 Å². The predicted octanol–water partition coefficient (Wildman–Crippen LogP) is 4.57. The van der Waals surface area contributed by atoms with E-state index in [1.807, 2.05) is 0 Å². The van der Waals surface area contributed by atoms with Gasteiger partial charge in [0.2, 0.25) is 0 Å². The summed E-state index contributed by atoms with van der Waals surface area (Å²) < 4.78 is 37.2. The fraction of sp³-hybridized carbons (Fsp3) is 0.158. The van der Waals surface area contributed by atoms with E-state index in [9.17, 15) is 18.8 Å². The Morgan fingerprint density at radius 1 is 1.33 bits per heavy atom. The number of hydrogen-bond donors (Lipinski definition) is 1. The first-order valence-corrected chi connectivity index (χ1v) is 8.16. The molecule has 0 unspecified atom stereocenters. The molecule has 0 aromatic heterocycles. The van der Waals surface area contributed by atoms with Gasteiger partial charge in [-0.1, -0.05) is 11.6 Å². The second-order valence-electron chi connectivity index (χ2n) is 5.22. The van der Waals surface area contributed by atoms with Gasteiger partial charge in [-0.15, -0.1) is 0 Å². The number of carbonyl (C=O) groups excluding carboxylic acids is 1. The van der Waals surface area contributed by atoms with Crippen LogP contribution in [-0.4, -0.2) is 19.6 Å². The van der Waals surface area contributed by atoms with E-state index >= 15 is 0 Å². The summed E-state index contributed by atoms with van der Waals surface area (Å²) in [4.78, 5) is 12.3. The van der Waals surface area contributed by atoms with E-state index in [0.717, 1.165) is 12.1 Å². The van der Waals surface area contributed by atoms with Crippen LogP contribution in [0.4, 0.5) is 14.5 Å². The molecule has 0 saturated heterocycles. The molecule has 1 amide bonds. The number of nitriles is 1. The van der Waals surface area contributed by atoms with Crippen molar-refractivity contribution in [3.8, 4) is 17.6 Å². The minimum atomic E-state index is -0.952. The van der Waals surface area contributed by atoms with E-state index < -0.39 is 17.5 Å². The highest BCUT2D eigenvalue weighted by atomic mass is 35.5. The summed E-state index contributed by atoms with van der Waals surface area (Å²) in [7, 11) is 1.44. The van der Waals surface area contributed by atoms with Gasteiger partial charge in [0.15, 0.2) is 11.5 Å². The molecule has 0 aliphatic carbocycles. The molecule has 0 spiro atoms. The zero-order valence-electron chi connectivity index (χ0n) is 14.5. The van der Waals surface area contributed by atoms with Crippen LogP contribution in [0, 0.1) is 23.0 Å². The van der Waals surface area contributed by atoms with E-state index in [4.69, 9.17) is 21.1 Å². The Morgan fingerprint density at radius 3 is 2.67 bits per heavy atom. The summed E-state index contributed by atoms with van der Waals surface area (Å²) in [5.41, 5.74) is -0.136. The molecule has 0 saturated carbocycles. The highest BCUT2D eigenvalue weighted by Gasteiger charge is 2.15. The summed E-state index contributed by atoms with van der Waals surface area (Å²) >= 11 is 6.14. The lowest BCUT2D eigenvalue weighted by atomic mass is 10.1. The minimum Gasteiger partial charge on any atom is -0.491 e. The Labute approximate surface area is 159 Å². The van der Waals surface area contributed by atoms with Crippen LogP contribution in [-0.2, 0) is 4.79 Å². The van der Waals surface area contributed by atoms with Crippen molar-refractivity contribution in [2.45, 2.75) is 6.92 Å². The van der Waals surface area contributed by atoms with E-state index in [0.29, 0.717) is 29.7 Å². The molecule has 5 nitrogen and oxygen atoms in total. The Bertz CT molecular complexity index is 939. The molecular formula is C19H15ClF2N2O3. The Balaban J connectivity index is 2.34. The normalized spacial score (nSPS) is 10.9. The average molecular weight is 393 g/mol. The molecule has 2 rings (SSSR count). The first-order chi connectivity index (χ1) is 12.9. The van der Waals surface area contributed by atoms with Crippen LogP contribution in [0.1, 0.15) is 12.5 Å². The number of ether oxygens (including phenoxy) is 2. The molecule has 2 aromatic carbocycles. The van der Waals surface area contributed by atoms with Crippen LogP contribution in [0.15, 0.2) is 35.9 Å². The summed E-state index contributed by atoms with van der Waals surface area (Å²) in [6, 6.07) is 7.47. The number of hydrogen-bond acceptors (Lipinski definition) is 4. The van der Waals surface area contributed by atoms with Gasteiger partial charge in [0.05, 0.1) is 24.4 Å². The van der Waals surface area contributed by atoms with Crippen molar-refractivity contribution in [2.75, 3.05) is 19.0 Å². The molecule has 0 fully saturated rings. The lowest BCUT2D eigenvalue weighted by molar-refractivity contribution is -0.112. The molecule has 0 aliphatic heterocycles. The number of nitrogens with one attached hydrogen (secondary N) is 1. The third-order valence-corrected chi connectivity index (χ3v) is 3.67. The molecule has 1 N–H and O–H groups in total. The fourth-order valence-electron chi connectivity index (χ4n) is 2.23. The van der Waals surface area contributed by atoms with E-state index in [2.05, 4.69) is 5.32 Å². The quantitative estimate of drug-likeness (QED) is 0.577. The Hall–Kier alpha value is -3.11. The van der Waals surface area contributed by atoms with Gasteiger partial charge in [0.25, 0.3) is 5.91 Å². The highest BCUT2D eigenvalue weighted by molar-refractivity contribution is 6.32. The number of rotatable bonds is 6. The van der Waals surface area contributed by atoms with Crippen molar-refractivity contribution in [1.82, 2.24) is 0 Å². The highest BCUT2D eigenvalue weighted by Crippen LogP contribution is 2.37. The van der Waals surface area contributed by atoms with Crippen LogP contribution in [0.2, 0.25) is 5.02 Å². The Kier molecular flexibility index (Phi) is 6.74. The minimum absolute atomic E-state index is 0.233. The van der Waals surface area contributed by atoms with Crippen LogP contribution in [0.3, 0.4) is 0 Å². The largest absolute Gasteiger partial charge is 0.491 e. The number of methoxy groups -OCH3 is 1. The standard InChI is InChI=1S/C19H15ClF2N2O3/c1-3-27-17-8-11(7-14(20)18(17)26-2)6-12(10-23)19(25)24-16-5-4-13(21)9-15(16)22/h4-9H,3H2,1-2H3,(H,24,25)/b12-6+. The van der Waals surface area contributed by atoms with Gasteiger partial charge in [-0.05, 0) is 42.8 Å². The first-order valence-electron chi connectivity index (χ1n) is 7.78. The molecule has 2 aromatic rings. The third kappa shape index (κ3) is 4.96. The molecule has 0 atom stereocenters. The summed E-state index contributed by atoms with van der Waals surface area (Å²) in [6.07, 6.45) is 1.27. The second-order valence-corrected chi connectivity index (χ2v) is 5.62. The predicted molar refractivity (Wildman–Crippen MR) is 97.8 cm³/mol. The van der Waals surface area contributed by atoms with E-state index in [1.54, 1.807) is 19.1 Å². The zero-order valence-corrected chi connectivity index (χ0v) is 15.2. The summed E-state index contributed by atoms with van der Waals surface area (Å²) in [5.74, 6) is -1.91. The van der Waals surface area contributed by atoms with Gasteiger partial charge < -0.3 is 14.8 Å². The number of carbonyl (C=O) groups is 1. The topological polar surface area (TPSA) is 71.3 Å². The molecule has 8 heteroatoms. The molecule has 0 bridgehead atoms. The molecule has 27 heavy (non-hydrogen) atoms. The molecule has 0 aliphatic rings. The smallest absolute Gasteiger partial charge is 0.266 e. The van der Waals surface area contributed by atoms with Crippen molar-refractivity contribution < 1.29 is 23.0 Å². The van der Waals surface area contributed by atoms with Gasteiger partial charge in [-0.25, -0.2) is 8.78 Å². The van der Waals surface area contributed by atoms with Crippen molar-refractivity contribution in [3.63, 3.8) is 0 Å². The van der Waals surface area contributed by atoms with Gasteiger partial charge in [0.1, 0.15) is 23.3 Å². The monoisotopic (exact) mass is 392 g/mol. The lowest BCUT2D eigenvalue weighted by Crippen LogP contribution is -2.14. The number of halogens is 3. The summed E-state index contributed by atoms with van der Waals surface area (Å²) in [6.45, 7) is 2.14. The van der Waals surface area contributed by atoms with Gasteiger partial charge in [-0.3, -0.25) is 4.79 Å². The van der Waals surface area contributed by atoms with Gasteiger partial charge >= 0.3 is 0 Å². The number of nitrogens with zero attached hydrogens (tertiary/aromatic N) is 1. The number of amides is 1. The number of benzene rings is 2. The Morgan fingerprint density at radius 2 is 2.07 bits per heavy atom. The maximum atomic E-state index is 13.7. The zero-order chi connectivity index (χ0) is 20.0. The van der Waals surface area contributed by atoms with Crippen molar-refractivity contribution >= 4 is 29.3 Å². The third-order valence-electron chi connectivity index (χ3n) is 3.39. The molecule has 0 heterocycles. The SMILES string of the molecule is CCOc1cc(/C=C(\C#N)C(=O)Nc2ccc(F)cc2F)cc(Cl)c1OC. The summed E-state index contributed by atoms with van der Waals surface area (Å²) in [5, 5.41) is 11.7. The van der Waals surface area contributed by atoms with Crippen molar-refractivity contribution in [2.24, 2.45) is 0 Å². The van der Waals surface area contributed by atoms with Crippen molar-refractivity contribution in [1.29, 1.82) is 5.26 Å². The van der Waals surface area contributed by atoms with Crippen LogP contribution < -0.4 is 14.8 Å². The van der Waals surface area contributed by atoms with Crippen molar-refractivity contribution in [3.05, 3.63) is 58.1 Å². The number of anilines is 1. The average Bonchev–Trinajstić information content (AvgIpc) is 2.62. The van der Waals surface area contributed by atoms with Crippen LogP contribution in [0.25, 0.3) is 6.08 Å². The second kappa shape index (κ2) is 9.01. The lowest BCUT2D eigenvalue weighted by Gasteiger charge is -2.12. The maximum Gasteiger partial charge on any atom is 0.266 e. The van der Waals surface area contributed by atoms with E-state index in [1.165, 1.54) is 19.3 Å². The first kappa shape index (κ1) is 20.2. The van der Waals surface area contributed by atoms with Crippen LogP contribution in [0.5, 0.6) is 11.5 Å². The fourth-order valence-corrected chi connectivity index (χ4v) is 2.52. The van der Waals surface area contributed by atoms with E-state index in [-0.39, 0.29) is 16.3 Å². The molecule has 140 valence electrons. The molecule has 0 radical (unpaired) electrons. The maximum absolute atomic E-state index is 13.7. The molecular weight excluding hydrogens is 378 g/mol.